The van der Waals surface area contributed by atoms with Gasteiger partial charge >= 0.3 is 0 Å². The molecule has 0 bridgehead atoms. The van der Waals surface area contributed by atoms with Gasteiger partial charge in [0.05, 0.1) is 17.1 Å². The van der Waals surface area contributed by atoms with Crippen LogP contribution in [0.2, 0.25) is 0 Å². The maximum atomic E-state index is 4.56. The average Bonchev–Trinajstić information content (AvgIpc) is 2.45. The van der Waals surface area contributed by atoms with E-state index in [9.17, 15) is 0 Å². The Labute approximate surface area is 124 Å². The van der Waals surface area contributed by atoms with E-state index in [0.29, 0.717) is 0 Å². The first-order chi connectivity index (χ1) is 8.88. The molecule has 0 heterocycles. The van der Waals surface area contributed by atoms with E-state index in [-0.39, 0.29) is 16.5 Å². The number of benzene rings is 2. The summed E-state index contributed by atoms with van der Waals surface area (Å²) in [5.74, 6) is 0. The summed E-state index contributed by atoms with van der Waals surface area (Å²) < 4.78 is 0. The van der Waals surface area contributed by atoms with Crippen LogP contribution >= 0.6 is 0 Å². The van der Waals surface area contributed by atoms with Crippen LogP contribution in [0.5, 0.6) is 0 Å². The Balaban J connectivity index is 0.00000180. The monoisotopic (exact) mass is 294 g/mol. The Morgan fingerprint density at radius 1 is 0.895 bits per heavy atom. The van der Waals surface area contributed by atoms with E-state index in [1.54, 1.807) is 0 Å². The third kappa shape index (κ3) is 5.19. The van der Waals surface area contributed by atoms with E-state index in [1.165, 1.54) is 0 Å². The molecular formula is C16H16N2Ni. The van der Waals surface area contributed by atoms with Crippen molar-refractivity contribution in [1.29, 1.82) is 0 Å². The molecule has 3 heteroatoms. The molecular weight excluding hydrogens is 279 g/mol. The molecule has 2 rings (SSSR count). The summed E-state index contributed by atoms with van der Waals surface area (Å²) >= 11 is 0. The fraction of sp³-hybridized carbons (Fsp3) is 0.125. The minimum atomic E-state index is 0. The van der Waals surface area contributed by atoms with Gasteiger partial charge in [-0.25, -0.2) is 0 Å². The fourth-order valence-electron chi connectivity index (χ4n) is 1.53. The summed E-state index contributed by atoms with van der Waals surface area (Å²) in [5, 5.41) is 0. The van der Waals surface area contributed by atoms with Gasteiger partial charge in [0, 0.05) is 22.7 Å². The Morgan fingerprint density at radius 3 is 1.95 bits per heavy atom. The molecule has 0 aliphatic carbocycles. The summed E-state index contributed by atoms with van der Waals surface area (Å²) in [7, 11) is 0. The Morgan fingerprint density at radius 2 is 1.42 bits per heavy atom. The van der Waals surface area contributed by atoms with Crippen molar-refractivity contribution in [1.82, 2.24) is 0 Å². The third-order valence-electron chi connectivity index (χ3n) is 2.51. The van der Waals surface area contributed by atoms with Gasteiger partial charge in [0.15, 0.2) is 0 Å². The second-order valence-electron chi connectivity index (χ2n) is 3.89. The maximum absolute atomic E-state index is 4.56. The second kappa shape index (κ2) is 8.39. The number of rotatable bonds is 4. The minimum absolute atomic E-state index is 0. The van der Waals surface area contributed by atoms with Gasteiger partial charge in [0.2, 0.25) is 0 Å². The van der Waals surface area contributed by atoms with Gasteiger partial charge in [-0.3, -0.25) is 9.98 Å². The van der Waals surface area contributed by atoms with E-state index in [0.717, 1.165) is 23.5 Å². The predicted molar refractivity (Wildman–Crippen MR) is 78.4 cm³/mol. The van der Waals surface area contributed by atoms with Gasteiger partial charge in [0.1, 0.15) is 0 Å². The van der Waals surface area contributed by atoms with Gasteiger partial charge in [-0.2, -0.15) is 0 Å². The van der Waals surface area contributed by atoms with Crippen LogP contribution in [0, 0.1) is 0 Å². The summed E-state index contributed by atoms with van der Waals surface area (Å²) in [4.78, 5) is 8.98. The molecule has 0 unspecified atom stereocenters. The third-order valence-corrected chi connectivity index (χ3v) is 2.51. The molecule has 2 nitrogen and oxygen atoms in total. The van der Waals surface area contributed by atoms with Crippen molar-refractivity contribution in [2.75, 3.05) is 0 Å². The molecule has 2 aromatic rings. The number of hydrogen-bond acceptors (Lipinski definition) is 2. The van der Waals surface area contributed by atoms with Crippen LogP contribution in [-0.4, -0.2) is 11.9 Å². The van der Waals surface area contributed by atoms with Crippen LogP contribution in [0.15, 0.2) is 70.6 Å². The minimum Gasteiger partial charge on any atom is -0.255 e. The van der Waals surface area contributed by atoms with Crippen LogP contribution in [-0.2, 0) is 16.5 Å². The zero-order valence-corrected chi connectivity index (χ0v) is 11.8. The second-order valence-corrected chi connectivity index (χ2v) is 3.89. The largest absolute Gasteiger partial charge is 0.255 e. The normalized spacial score (nSPS) is 11.3. The van der Waals surface area contributed by atoms with Crippen molar-refractivity contribution in [2.45, 2.75) is 13.3 Å². The molecule has 0 atom stereocenters. The van der Waals surface area contributed by atoms with Gasteiger partial charge in [-0.15, -0.1) is 0 Å². The Hall–Kier alpha value is -1.73. The van der Waals surface area contributed by atoms with Gasteiger partial charge in [-0.05, 0) is 30.7 Å². The molecule has 2 aromatic carbocycles. The van der Waals surface area contributed by atoms with Crippen molar-refractivity contribution >= 4 is 23.3 Å². The van der Waals surface area contributed by atoms with E-state index in [4.69, 9.17) is 0 Å². The quantitative estimate of drug-likeness (QED) is 0.583. The van der Waals surface area contributed by atoms with Crippen LogP contribution in [0.1, 0.15) is 13.3 Å². The SMILES string of the molecule is CCC(/C=N/c1ccccc1)=N\c1ccccc1.[Ni]. The first-order valence-electron chi connectivity index (χ1n) is 6.10. The van der Waals surface area contributed by atoms with Crippen molar-refractivity contribution < 1.29 is 16.5 Å². The van der Waals surface area contributed by atoms with E-state index < -0.39 is 0 Å². The molecule has 0 radical (unpaired) electrons. The van der Waals surface area contributed by atoms with Gasteiger partial charge < -0.3 is 0 Å². The maximum Gasteiger partial charge on any atom is 0.0633 e. The van der Waals surface area contributed by atoms with Crippen LogP contribution in [0.3, 0.4) is 0 Å². The first-order valence-corrected chi connectivity index (χ1v) is 6.10. The molecule has 0 saturated heterocycles. The summed E-state index contributed by atoms with van der Waals surface area (Å²) in [6.07, 6.45) is 2.70. The molecule has 0 aromatic heterocycles. The van der Waals surface area contributed by atoms with Gasteiger partial charge in [-0.1, -0.05) is 43.3 Å². The summed E-state index contributed by atoms with van der Waals surface area (Å²) in [6.45, 7) is 2.08. The molecule has 0 aliphatic heterocycles. The van der Waals surface area contributed by atoms with Crippen LogP contribution in [0.4, 0.5) is 11.4 Å². The fourth-order valence-corrected chi connectivity index (χ4v) is 1.53. The number of nitrogens with zero attached hydrogens (tertiary/aromatic N) is 2. The standard InChI is InChI=1S/C16H16N2.Ni/c1-2-14(18-16-11-7-4-8-12-16)13-17-15-9-5-3-6-10-15;/h3-13H,2H2,1H3;/b17-13+,18-14+;. The predicted octanol–water partition coefficient (Wildman–Crippen LogP) is 4.57. The Bertz CT molecular complexity index is 533. The molecule has 0 amide bonds. The molecule has 0 spiro atoms. The topological polar surface area (TPSA) is 24.7 Å². The van der Waals surface area contributed by atoms with Crippen molar-refractivity contribution in [3.63, 3.8) is 0 Å². The zero-order chi connectivity index (χ0) is 12.6. The van der Waals surface area contributed by atoms with Crippen LogP contribution in [0.25, 0.3) is 0 Å². The zero-order valence-electron chi connectivity index (χ0n) is 10.8. The molecule has 19 heavy (non-hydrogen) atoms. The van der Waals surface area contributed by atoms with E-state index >= 15 is 0 Å². The first kappa shape index (κ1) is 15.3. The van der Waals surface area contributed by atoms with Crippen molar-refractivity contribution in [2.24, 2.45) is 9.98 Å². The number of para-hydroxylation sites is 2. The van der Waals surface area contributed by atoms with Crippen molar-refractivity contribution in [3.8, 4) is 0 Å². The van der Waals surface area contributed by atoms with E-state index in [1.807, 2.05) is 66.9 Å². The summed E-state index contributed by atoms with van der Waals surface area (Å²) in [5.41, 5.74) is 2.89. The molecule has 0 aliphatic rings. The smallest absolute Gasteiger partial charge is 0.0633 e. The number of hydrogen-bond donors (Lipinski definition) is 0. The summed E-state index contributed by atoms with van der Waals surface area (Å²) in [6, 6.07) is 19.8. The van der Waals surface area contributed by atoms with E-state index in [2.05, 4.69) is 16.9 Å². The molecule has 0 fully saturated rings. The average molecular weight is 295 g/mol. The van der Waals surface area contributed by atoms with Gasteiger partial charge in [0.25, 0.3) is 0 Å². The Kier molecular flexibility index (Phi) is 6.77. The van der Waals surface area contributed by atoms with Crippen LogP contribution < -0.4 is 0 Å². The molecule has 0 N–H and O–H groups in total. The van der Waals surface area contributed by atoms with Crippen molar-refractivity contribution in [3.05, 3.63) is 60.7 Å². The number of aliphatic imine (C=N–C) groups is 2. The molecule has 0 saturated carbocycles. The molecule has 100 valence electrons.